The first-order valence-electron chi connectivity index (χ1n) is 7.89. The molecule has 4 amide bonds. The number of hydrogen-bond acceptors (Lipinski definition) is 7. The normalized spacial score (nSPS) is 14.3. The zero-order chi connectivity index (χ0) is 19.0. The minimum absolute atomic E-state index is 0.0449. The van der Waals surface area contributed by atoms with Gasteiger partial charge in [-0.1, -0.05) is 0 Å². The second-order valence-electron chi connectivity index (χ2n) is 5.67. The Balaban J connectivity index is 1.56. The lowest BCUT2D eigenvalue weighted by atomic mass is 10.3. The number of amides is 4. The molecule has 1 aliphatic heterocycles. The smallest absolute Gasteiger partial charge is 0.339 e. The van der Waals surface area contributed by atoms with Gasteiger partial charge in [0, 0.05) is 16.3 Å². The number of methoxy groups -OCH3 is 1. The fraction of sp³-hybridized carbons (Fsp3) is 0.111. The van der Waals surface area contributed by atoms with Crippen LogP contribution < -0.4 is 9.64 Å². The molecular formula is C18H13N3O4S2. The molecule has 1 saturated heterocycles. The van der Waals surface area contributed by atoms with E-state index in [1.165, 1.54) is 18.4 Å². The van der Waals surface area contributed by atoms with Crippen molar-refractivity contribution >= 4 is 46.2 Å². The summed E-state index contributed by atoms with van der Waals surface area (Å²) in [5, 5.41) is 6.52. The Morgan fingerprint density at radius 1 is 1.04 bits per heavy atom. The molecule has 0 spiro atoms. The van der Waals surface area contributed by atoms with Gasteiger partial charge in [0.25, 0.3) is 0 Å². The summed E-state index contributed by atoms with van der Waals surface area (Å²) in [4.78, 5) is 43.6. The average molecular weight is 399 g/mol. The van der Waals surface area contributed by atoms with Gasteiger partial charge in [0.15, 0.2) is 0 Å². The fourth-order valence-corrected chi connectivity index (χ4v) is 4.19. The van der Waals surface area contributed by atoms with Gasteiger partial charge in [0.1, 0.15) is 10.8 Å². The number of hydrogen-bond donors (Lipinski definition) is 0. The Kier molecular flexibility index (Phi) is 4.46. The molecule has 1 fully saturated rings. The van der Waals surface area contributed by atoms with Crippen molar-refractivity contribution in [3.63, 3.8) is 0 Å². The first kappa shape index (κ1) is 17.4. The topological polar surface area (TPSA) is 79.8 Å². The minimum Gasteiger partial charge on any atom is -0.497 e. The van der Waals surface area contributed by atoms with Gasteiger partial charge in [-0.3, -0.25) is 9.59 Å². The van der Waals surface area contributed by atoms with Gasteiger partial charge in [-0.25, -0.2) is 19.6 Å². The third-order valence-electron chi connectivity index (χ3n) is 4.02. The summed E-state index contributed by atoms with van der Waals surface area (Å²) in [5.74, 6) is -1.15. The van der Waals surface area contributed by atoms with E-state index in [2.05, 4.69) is 4.98 Å². The molecule has 0 radical (unpaired) electrons. The van der Waals surface area contributed by atoms with Crippen molar-refractivity contribution < 1.29 is 19.1 Å². The van der Waals surface area contributed by atoms with Gasteiger partial charge in [-0.15, -0.1) is 11.3 Å². The van der Waals surface area contributed by atoms with Crippen LogP contribution in [0.2, 0.25) is 0 Å². The van der Waals surface area contributed by atoms with Gasteiger partial charge >= 0.3 is 17.8 Å². The van der Waals surface area contributed by atoms with Crippen LogP contribution in [0.3, 0.4) is 0 Å². The molecule has 3 heterocycles. The van der Waals surface area contributed by atoms with Crippen LogP contribution >= 0.6 is 22.7 Å². The second kappa shape index (κ2) is 6.93. The SMILES string of the molecule is COc1ccc(N2C(=O)C(=O)N(Cc3csc(-c4ccsc4)n3)C2=O)cc1. The Bertz CT molecular complexity index is 1010. The highest BCUT2D eigenvalue weighted by molar-refractivity contribution is 7.14. The number of anilines is 1. The largest absolute Gasteiger partial charge is 0.497 e. The second-order valence-corrected chi connectivity index (χ2v) is 7.31. The van der Waals surface area contributed by atoms with Crippen LogP contribution in [0.25, 0.3) is 10.6 Å². The molecule has 0 bridgehead atoms. The Hall–Kier alpha value is -3.04. The summed E-state index contributed by atoms with van der Waals surface area (Å²) in [5.41, 5.74) is 1.87. The van der Waals surface area contributed by atoms with E-state index in [4.69, 9.17) is 4.74 Å². The van der Waals surface area contributed by atoms with Crippen molar-refractivity contribution in [2.45, 2.75) is 6.54 Å². The van der Waals surface area contributed by atoms with Gasteiger partial charge in [0.2, 0.25) is 0 Å². The van der Waals surface area contributed by atoms with Crippen molar-refractivity contribution in [3.8, 4) is 16.3 Å². The number of ether oxygens (including phenoxy) is 1. The zero-order valence-electron chi connectivity index (χ0n) is 14.1. The summed E-state index contributed by atoms with van der Waals surface area (Å²) in [6.07, 6.45) is 0. The van der Waals surface area contributed by atoms with Gasteiger partial charge in [0.05, 0.1) is 25.0 Å². The number of benzene rings is 1. The number of rotatable bonds is 5. The molecule has 9 heteroatoms. The van der Waals surface area contributed by atoms with E-state index in [0.29, 0.717) is 17.1 Å². The maximum absolute atomic E-state index is 12.7. The molecule has 3 aromatic rings. The molecule has 2 aromatic heterocycles. The van der Waals surface area contributed by atoms with E-state index in [0.717, 1.165) is 20.4 Å². The Morgan fingerprint density at radius 3 is 2.48 bits per heavy atom. The predicted octanol–water partition coefficient (Wildman–Crippen LogP) is 3.38. The molecule has 1 aliphatic rings. The number of thiazole rings is 1. The quantitative estimate of drug-likeness (QED) is 0.485. The van der Waals surface area contributed by atoms with Crippen LogP contribution in [-0.4, -0.2) is 34.8 Å². The Morgan fingerprint density at radius 2 is 1.81 bits per heavy atom. The van der Waals surface area contributed by atoms with Crippen molar-refractivity contribution in [1.29, 1.82) is 0 Å². The third-order valence-corrected chi connectivity index (χ3v) is 5.65. The van der Waals surface area contributed by atoms with E-state index in [9.17, 15) is 14.4 Å². The third kappa shape index (κ3) is 3.11. The van der Waals surface area contributed by atoms with Crippen molar-refractivity contribution in [3.05, 3.63) is 52.2 Å². The lowest BCUT2D eigenvalue weighted by Gasteiger charge is -2.15. The van der Waals surface area contributed by atoms with Crippen LogP contribution in [0.1, 0.15) is 5.69 Å². The van der Waals surface area contributed by atoms with E-state index >= 15 is 0 Å². The molecular weight excluding hydrogens is 386 g/mol. The maximum Gasteiger partial charge on any atom is 0.339 e. The fourth-order valence-electron chi connectivity index (χ4n) is 2.66. The van der Waals surface area contributed by atoms with Crippen molar-refractivity contribution in [2.75, 3.05) is 12.0 Å². The standard InChI is InChI=1S/C18H13N3O4S2/c1-25-14-4-2-13(3-5-14)21-17(23)16(22)20(18(21)24)8-12-10-27-15(19-12)11-6-7-26-9-11/h2-7,9-10H,8H2,1H3. The molecule has 7 nitrogen and oxygen atoms in total. The lowest BCUT2D eigenvalue weighted by Crippen LogP contribution is -2.33. The van der Waals surface area contributed by atoms with E-state index < -0.39 is 17.8 Å². The summed E-state index contributed by atoms with van der Waals surface area (Å²) >= 11 is 2.99. The van der Waals surface area contributed by atoms with E-state index in [-0.39, 0.29) is 6.54 Å². The first-order valence-corrected chi connectivity index (χ1v) is 9.71. The number of carbonyl (C=O) groups excluding carboxylic acids is 3. The summed E-state index contributed by atoms with van der Waals surface area (Å²) in [6, 6.07) is 7.63. The highest BCUT2D eigenvalue weighted by atomic mass is 32.1. The van der Waals surface area contributed by atoms with Gasteiger partial charge in [-0.2, -0.15) is 11.3 Å². The predicted molar refractivity (Wildman–Crippen MR) is 102 cm³/mol. The maximum atomic E-state index is 12.7. The summed E-state index contributed by atoms with van der Waals surface area (Å²) in [7, 11) is 1.52. The molecule has 27 heavy (non-hydrogen) atoms. The first-order chi connectivity index (χ1) is 13.1. The highest BCUT2D eigenvalue weighted by Gasteiger charge is 2.45. The molecule has 0 aliphatic carbocycles. The van der Waals surface area contributed by atoms with Crippen LogP contribution in [0.15, 0.2) is 46.5 Å². The summed E-state index contributed by atoms with van der Waals surface area (Å²) in [6.45, 7) is -0.0449. The molecule has 4 rings (SSSR count). The molecule has 0 unspecified atom stereocenters. The van der Waals surface area contributed by atoms with E-state index in [1.807, 2.05) is 16.8 Å². The zero-order valence-corrected chi connectivity index (χ0v) is 15.8. The van der Waals surface area contributed by atoms with Crippen LogP contribution in [0.4, 0.5) is 10.5 Å². The summed E-state index contributed by atoms with van der Waals surface area (Å²) < 4.78 is 5.07. The Labute approximate surface area is 162 Å². The van der Waals surface area contributed by atoms with Crippen LogP contribution in [0, 0.1) is 0 Å². The van der Waals surface area contributed by atoms with Gasteiger partial charge in [-0.05, 0) is 35.7 Å². The highest BCUT2D eigenvalue weighted by Crippen LogP contribution is 2.28. The number of nitrogens with zero attached hydrogens (tertiary/aromatic N) is 3. The number of thiophene rings is 1. The number of imide groups is 2. The van der Waals surface area contributed by atoms with Crippen LogP contribution in [-0.2, 0) is 16.1 Å². The van der Waals surface area contributed by atoms with E-state index in [1.54, 1.807) is 41.0 Å². The number of aromatic nitrogens is 1. The molecule has 0 N–H and O–H groups in total. The monoisotopic (exact) mass is 399 g/mol. The van der Waals surface area contributed by atoms with Crippen LogP contribution in [0.5, 0.6) is 5.75 Å². The molecule has 136 valence electrons. The lowest BCUT2D eigenvalue weighted by molar-refractivity contribution is -0.139. The van der Waals surface area contributed by atoms with Crippen molar-refractivity contribution in [2.24, 2.45) is 0 Å². The van der Waals surface area contributed by atoms with Gasteiger partial charge < -0.3 is 4.74 Å². The minimum atomic E-state index is -0.876. The molecule has 0 saturated carbocycles. The molecule has 1 aromatic carbocycles. The van der Waals surface area contributed by atoms with Crippen molar-refractivity contribution in [1.82, 2.24) is 9.88 Å². The molecule has 0 atom stereocenters. The number of carbonyl (C=O) groups is 3. The average Bonchev–Trinajstić information content (AvgIpc) is 3.40. The number of urea groups is 1.